The van der Waals surface area contributed by atoms with E-state index in [0.717, 1.165) is 16.7 Å². The Hall–Kier alpha value is -5.56. The fourth-order valence-electron chi connectivity index (χ4n) is 5.26. The molecule has 2 amide bonds. The molecule has 4 aromatic carbocycles. The molecule has 248 valence electrons. The second-order valence-electron chi connectivity index (χ2n) is 10.8. The van der Waals surface area contributed by atoms with Crippen molar-refractivity contribution in [2.75, 3.05) is 30.9 Å². The Kier molecular flexibility index (Phi) is 10.8. The first-order valence-electron chi connectivity index (χ1n) is 14.8. The van der Waals surface area contributed by atoms with Gasteiger partial charge in [0, 0.05) is 48.2 Å². The van der Waals surface area contributed by atoms with E-state index in [9.17, 15) is 29.7 Å². The minimum atomic E-state index is -1.19. The fraction of sp³-hybridized carbons (Fsp3) is 0.171. The van der Waals surface area contributed by atoms with Gasteiger partial charge in [0.2, 0.25) is 5.56 Å². The van der Waals surface area contributed by atoms with E-state index in [1.54, 1.807) is 30.3 Å². The molecule has 0 saturated carbocycles. The van der Waals surface area contributed by atoms with Gasteiger partial charge in [-0.2, -0.15) is 0 Å². The van der Waals surface area contributed by atoms with Gasteiger partial charge >= 0.3 is 12.2 Å². The summed E-state index contributed by atoms with van der Waals surface area (Å²) in [5.74, 6) is 0.336. The molecule has 0 bridgehead atoms. The second-order valence-corrected chi connectivity index (χ2v) is 11.2. The maximum Gasteiger partial charge on any atom is 0.411 e. The summed E-state index contributed by atoms with van der Waals surface area (Å²) in [5, 5.41) is 39.2. The largest absolute Gasteiger partial charge is 0.506 e. The number of aromatic amines is 1. The molecular formula is C35H33ClN4O8. The lowest BCUT2D eigenvalue weighted by molar-refractivity contribution is 0.163. The maximum absolute atomic E-state index is 12.6. The highest BCUT2D eigenvalue weighted by Crippen LogP contribution is 2.33. The minimum absolute atomic E-state index is 0.0223. The van der Waals surface area contributed by atoms with Crippen LogP contribution in [0.15, 0.2) is 89.7 Å². The van der Waals surface area contributed by atoms with E-state index in [4.69, 9.17) is 21.1 Å². The molecule has 12 nitrogen and oxygen atoms in total. The number of hydrogen-bond acceptors (Lipinski definition) is 8. The standard InChI is InChI=1S/C35H33ClN4O8/c1-47-31-17-28(26(36)16-22(31)18-37-19-30(42)24-9-11-29(41)33-25(24)10-12-32(43)40-33)39-35(46)48-14-13-20-7-8-23(21-5-3-2-4-6-21)27(15-20)38-34(44)45/h2-12,15-17,30,37-38,41-42H,13-14,18-19H2,1H3,(H,39,46)(H,40,43)(H,44,45)/t30-/m1/s1. The van der Waals surface area contributed by atoms with Crippen LogP contribution >= 0.6 is 11.6 Å². The summed E-state index contributed by atoms with van der Waals surface area (Å²) < 4.78 is 10.9. The smallest absolute Gasteiger partial charge is 0.411 e. The average molecular weight is 673 g/mol. The van der Waals surface area contributed by atoms with Crippen molar-refractivity contribution in [3.63, 3.8) is 0 Å². The van der Waals surface area contributed by atoms with Crippen LogP contribution in [0.3, 0.4) is 0 Å². The number of aromatic nitrogens is 1. The quantitative estimate of drug-likeness (QED) is 0.0803. The summed E-state index contributed by atoms with van der Waals surface area (Å²) in [6.07, 6.45) is -2.55. The summed E-state index contributed by atoms with van der Waals surface area (Å²) in [6.45, 7) is 0.419. The molecular weight excluding hydrogens is 640 g/mol. The van der Waals surface area contributed by atoms with E-state index >= 15 is 0 Å². The first-order chi connectivity index (χ1) is 23.1. The number of carbonyl (C=O) groups excluding carboxylic acids is 1. The van der Waals surface area contributed by atoms with Crippen molar-refractivity contribution in [3.8, 4) is 22.6 Å². The van der Waals surface area contributed by atoms with Gasteiger partial charge in [0.05, 0.1) is 41.7 Å². The van der Waals surface area contributed by atoms with Crippen LogP contribution in [-0.2, 0) is 17.7 Å². The van der Waals surface area contributed by atoms with E-state index in [1.165, 1.54) is 19.2 Å². The third-order valence-corrected chi connectivity index (χ3v) is 7.87. The topological polar surface area (TPSA) is 182 Å². The number of pyridine rings is 1. The van der Waals surface area contributed by atoms with Crippen LogP contribution in [0.25, 0.3) is 22.0 Å². The number of aliphatic hydroxyl groups is 1. The molecule has 0 saturated heterocycles. The summed E-state index contributed by atoms with van der Waals surface area (Å²) in [5.41, 5.74) is 4.11. The molecule has 0 fully saturated rings. The first kappa shape index (κ1) is 33.8. The van der Waals surface area contributed by atoms with Crippen molar-refractivity contribution in [2.45, 2.75) is 19.1 Å². The molecule has 0 radical (unpaired) electrons. The Morgan fingerprint density at radius 2 is 1.75 bits per heavy atom. The van der Waals surface area contributed by atoms with Gasteiger partial charge in [-0.05, 0) is 41.0 Å². The molecule has 1 heterocycles. The Bertz CT molecular complexity index is 2000. The SMILES string of the molecule is COc1cc(NC(=O)OCCc2ccc(-c3ccccc3)c(NC(=O)O)c2)c(Cl)cc1CNC[C@@H](O)c1ccc(O)c2[nH]c(=O)ccc12. The number of aliphatic hydroxyl groups excluding tert-OH is 1. The number of methoxy groups -OCH3 is 1. The van der Waals surface area contributed by atoms with Crippen molar-refractivity contribution in [1.82, 2.24) is 10.3 Å². The molecule has 7 N–H and O–H groups in total. The lowest BCUT2D eigenvalue weighted by Crippen LogP contribution is -2.22. The van der Waals surface area contributed by atoms with Crippen molar-refractivity contribution in [2.24, 2.45) is 0 Å². The Labute approximate surface area is 279 Å². The number of carbonyl (C=O) groups is 2. The Morgan fingerprint density at radius 3 is 2.50 bits per heavy atom. The number of anilines is 2. The number of benzene rings is 4. The van der Waals surface area contributed by atoms with Gasteiger partial charge in [-0.3, -0.25) is 15.4 Å². The number of phenols is 1. The molecule has 48 heavy (non-hydrogen) atoms. The number of nitrogens with one attached hydrogen (secondary N) is 4. The molecule has 1 aromatic heterocycles. The molecule has 13 heteroatoms. The number of halogens is 1. The number of carboxylic acid groups (broad SMARTS) is 1. The van der Waals surface area contributed by atoms with Gasteiger partial charge in [0.1, 0.15) is 11.5 Å². The van der Waals surface area contributed by atoms with Gasteiger partial charge in [-0.25, -0.2) is 9.59 Å². The number of ether oxygens (including phenoxy) is 2. The predicted molar refractivity (Wildman–Crippen MR) is 183 cm³/mol. The molecule has 1 atom stereocenters. The zero-order chi connectivity index (χ0) is 34.2. The van der Waals surface area contributed by atoms with Gasteiger partial charge in [-0.1, -0.05) is 60.1 Å². The third-order valence-electron chi connectivity index (χ3n) is 7.56. The number of fused-ring (bicyclic) bond motifs is 1. The van der Waals surface area contributed by atoms with Crippen LogP contribution in [-0.4, -0.2) is 52.8 Å². The highest BCUT2D eigenvalue weighted by atomic mass is 35.5. The van der Waals surface area contributed by atoms with E-state index in [0.29, 0.717) is 34.4 Å². The van der Waals surface area contributed by atoms with Gasteiger partial charge < -0.3 is 35.1 Å². The average Bonchev–Trinajstić information content (AvgIpc) is 3.06. The lowest BCUT2D eigenvalue weighted by atomic mass is 10.0. The highest BCUT2D eigenvalue weighted by Gasteiger charge is 2.17. The lowest BCUT2D eigenvalue weighted by Gasteiger charge is -2.17. The van der Waals surface area contributed by atoms with Crippen LogP contribution in [0.5, 0.6) is 11.5 Å². The summed E-state index contributed by atoms with van der Waals surface area (Å²) in [7, 11) is 1.48. The molecule has 0 spiro atoms. The molecule has 5 rings (SSSR count). The van der Waals surface area contributed by atoms with Crippen LogP contribution in [0.1, 0.15) is 22.8 Å². The van der Waals surface area contributed by atoms with Crippen molar-refractivity contribution >= 4 is 46.1 Å². The summed E-state index contributed by atoms with van der Waals surface area (Å²) in [6, 6.07) is 23.8. The number of rotatable bonds is 12. The third kappa shape index (κ3) is 8.23. The number of hydrogen-bond donors (Lipinski definition) is 7. The minimum Gasteiger partial charge on any atom is -0.506 e. The number of amides is 2. The Morgan fingerprint density at radius 1 is 0.958 bits per heavy atom. The van der Waals surface area contributed by atoms with Crippen molar-refractivity contribution in [3.05, 3.63) is 117 Å². The normalized spacial score (nSPS) is 11.6. The number of H-pyrrole nitrogens is 1. The molecule has 0 aliphatic carbocycles. The molecule has 5 aromatic rings. The van der Waals surface area contributed by atoms with Gasteiger partial charge in [0.25, 0.3) is 0 Å². The van der Waals surface area contributed by atoms with Crippen LogP contribution in [0, 0.1) is 0 Å². The first-order valence-corrected chi connectivity index (χ1v) is 15.2. The number of aromatic hydroxyl groups is 1. The zero-order valence-electron chi connectivity index (χ0n) is 25.7. The monoisotopic (exact) mass is 672 g/mol. The van der Waals surface area contributed by atoms with E-state index < -0.39 is 18.3 Å². The number of phenolic OH excluding ortho intramolecular Hbond substituents is 1. The van der Waals surface area contributed by atoms with Crippen molar-refractivity contribution in [1.29, 1.82) is 0 Å². The van der Waals surface area contributed by atoms with Crippen LogP contribution in [0.4, 0.5) is 21.0 Å². The van der Waals surface area contributed by atoms with Crippen LogP contribution in [0.2, 0.25) is 5.02 Å². The summed E-state index contributed by atoms with van der Waals surface area (Å²) in [4.78, 5) is 38.3. The van der Waals surface area contributed by atoms with E-state index in [1.807, 2.05) is 42.5 Å². The molecule has 0 aliphatic heterocycles. The Balaban J connectivity index is 1.17. The van der Waals surface area contributed by atoms with Gasteiger partial charge in [0.15, 0.2) is 0 Å². The molecule has 0 aliphatic rings. The van der Waals surface area contributed by atoms with E-state index in [-0.39, 0.29) is 47.2 Å². The van der Waals surface area contributed by atoms with E-state index in [2.05, 4.69) is 20.9 Å². The zero-order valence-corrected chi connectivity index (χ0v) is 26.5. The summed E-state index contributed by atoms with van der Waals surface area (Å²) >= 11 is 6.48. The maximum atomic E-state index is 12.6. The molecule has 0 unspecified atom stereocenters. The fourth-order valence-corrected chi connectivity index (χ4v) is 5.50. The van der Waals surface area contributed by atoms with Crippen LogP contribution < -0.4 is 26.2 Å². The second kappa shape index (κ2) is 15.4. The highest BCUT2D eigenvalue weighted by molar-refractivity contribution is 6.33. The van der Waals surface area contributed by atoms with Gasteiger partial charge in [-0.15, -0.1) is 0 Å². The predicted octanol–water partition coefficient (Wildman–Crippen LogP) is 6.27. The van der Waals surface area contributed by atoms with Crippen molar-refractivity contribution < 1.29 is 34.4 Å².